The van der Waals surface area contributed by atoms with E-state index in [1.165, 1.54) is 16.5 Å². The van der Waals surface area contributed by atoms with Crippen LogP contribution in [0.25, 0.3) is 10.9 Å². The Morgan fingerprint density at radius 2 is 2.17 bits per heavy atom. The van der Waals surface area contributed by atoms with Crippen molar-refractivity contribution in [1.82, 2.24) is 10.3 Å². The summed E-state index contributed by atoms with van der Waals surface area (Å²) < 4.78 is 0. The van der Waals surface area contributed by atoms with E-state index >= 15 is 0 Å². The second-order valence-corrected chi connectivity index (χ2v) is 4.77. The number of nitrogens with one attached hydrogen (secondary N) is 2. The molecule has 2 N–H and O–H groups in total. The number of H-pyrrole nitrogens is 1. The molecule has 0 saturated carbocycles. The Labute approximate surface area is 107 Å². The number of para-hydroxylation sites is 1. The van der Waals surface area contributed by atoms with E-state index in [-0.39, 0.29) is 0 Å². The molecule has 92 valence electrons. The molecular formula is C16H18N2. The summed E-state index contributed by atoms with van der Waals surface area (Å²) in [7, 11) is 0. The van der Waals surface area contributed by atoms with Gasteiger partial charge in [0.1, 0.15) is 0 Å². The third-order valence-electron chi connectivity index (χ3n) is 3.72. The van der Waals surface area contributed by atoms with Crippen molar-refractivity contribution < 1.29 is 0 Å². The summed E-state index contributed by atoms with van der Waals surface area (Å²) in [6.07, 6.45) is 9.69. The van der Waals surface area contributed by atoms with E-state index in [9.17, 15) is 0 Å². The van der Waals surface area contributed by atoms with Crippen LogP contribution < -0.4 is 5.32 Å². The molecule has 0 saturated heterocycles. The molecule has 3 rings (SSSR count). The van der Waals surface area contributed by atoms with Gasteiger partial charge in [0.25, 0.3) is 0 Å². The Morgan fingerprint density at radius 1 is 1.28 bits per heavy atom. The van der Waals surface area contributed by atoms with Crippen molar-refractivity contribution in [3.05, 3.63) is 60.8 Å². The second-order valence-electron chi connectivity index (χ2n) is 4.77. The SMILES string of the molecule is C=CC(c1c[nH]c2ccccc12)C1CC=CCN1. The molecule has 0 spiro atoms. The summed E-state index contributed by atoms with van der Waals surface area (Å²) in [4.78, 5) is 3.35. The monoisotopic (exact) mass is 238 g/mol. The van der Waals surface area contributed by atoms with Crippen molar-refractivity contribution in [2.75, 3.05) is 6.54 Å². The van der Waals surface area contributed by atoms with Crippen molar-refractivity contribution in [3.63, 3.8) is 0 Å². The van der Waals surface area contributed by atoms with Gasteiger partial charge in [0.2, 0.25) is 0 Å². The summed E-state index contributed by atoms with van der Waals surface area (Å²) in [5.74, 6) is 0.353. The van der Waals surface area contributed by atoms with Crippen molar-refractivity contribution in [2.24, 2.45) is 0 Å². The predicted octanol–water partition coefficient (Wildman–Crippen LogP) is 3.36. The maximum atomic E-state index is 4.02. The van der Waals surface area contributed by atoms with Crippen LogP contribution in [0, 0.1) is 0 Å². The fraction of sp³-hybridized carbons (Fsp3) is 0.250. The van der Waals surface area contributed by atoms with E-state index in [0.29, 0.717) is 12.0 Å². The minimum Gasteiger partial charge on any atom is -0.361 e. The van der Waals surface area contributed by atoms with Crippen LogP contribution >= 0.6 is 0 Å². The zero-order valence-corrected chi connectivity index (χ0v) is 10.4. The summed E-state index contributed by atoms with van der Waals surface area (Å²) >= 11 is 0. The van der Waals surface area contributed by atoms with Gasteiger partial charge >= 0.3 is 0 Å². The first-order chi connectivity index (χ1) is 8.90. The van der Waals surface area contributed by atoms with Gasteiger partial charge in [0.05, 0.1) is 0 Å². The lowest BCUT2D eigenvalue weighted by Crippen LogP contribution is -2.36. The van der Waals surface area contributed by atoms with Crippen LogP contribution in [0.1, 0.15) is 17.9 Å². The number of hydrogen-bond donors (Lipinski definition) is 2. The molecule has 2 unspecified atom stereocenters. The van der Waals surface area contributed by atoms with Crippen LogP contribution in [0.4, 0.5) is 0 Å². The molecule has 18 heavy (non-hydrogen) atoms. The zero-order chi connectivity index (χ0) is 12.4. The number of fused-ring (bicyclic) bond motifs is 1. The van der Waals surface area contributed by atoms with Crippen molar-refractivity contribution >= 4 is 10.9 Å². The molecule has 1 aromatic heterocycles. The first-order valence-electron chi connectivity index (χ1n) is 6.47. The smallest absolute Gasteiger partial charge is 0.0457 e. The number of benzene rings is 1. The van der Waals surface area contributed by atoms with Gasteiger partial charge in [-0.1, -0.05) is 36.4 Å². The molecule has 0 aliphatic carbocycles. The van der Waals surface area contributed by atoms with E-state index in [2.05, 4.69) is 65.6 Å². The Morgan fingerprint density at radius 3 is 2.94 bits per heavy atom. The van der Waals surface area contributed by atoms with Crippen molar-refractivity contribution in [1.29, 1.82) is 0 Å². The minimum absolute atomic E-state index is 0.353. The Bertz CT molecular complexity index is 580. The molecule has 2 heterocycles. The minimum atomic E-state index is 0.353. The molecule has 0 radical (unpaired) electrons. The van der Waals surface area contributed by atoms with Gasteiger partial charge in [-0.2, -0.15) is 0 Å². The standard InChI is InChI=1S/C16H18N2/c1-2-12(15-9-5-6-10-17-15)14-11-18-16-8-4-3-7-13(14)16/h2-8,11-12,15,17-18H,1,9-10H2. The Hall–Kier alpha value is -1.80. The third-order valence-corrected chi connectivity index (χ3v) is 3.72. The average Bonchev–Trinajstić information content (AvgIpc) is 2.85. The number of rotatable bonds is 3. The second kappa shape index (κ2) is 4.83. The first-order valence-corrected chi connectivity index (χ1v) is 6.47. The molecule has 1 aromatic carbocycles. The molecule has 0 fully saturated rings. The normalized spacial score (nSPS) is 21.0. The fourth-order valence-corrected chi connectivity index (χ4v) is 2.78. The highest BCUT2D eigenvalue weighted by molar-refractivity contribution is 5.84. The first kappa shape index (κ1) is 11.3. The number of aromatic nitrogens is 1. The molecule has 2 heteroatoms. The molecule has 0 bridgehead atoms. The summed E-state index contributed by atoms with van der Waals surface area (Å²) in [5, 5.41) is 4.86. The highest BCUT2D eigenvalue weighted by atomic mass is 14.9. The van der Waals surface area contributed by atoms with Gasteiger partial charge in [0, 0.05) is 35.6 Å². The molecule has 2 atom stereocenters. The molecular weight excluding hydrogens is 220 g/mol. The fourth-order valence-electron chi connectivity index (χ4n) is 2.78. The maximum absolute atomic E-state index is 4.02. The molecule has 2 aromatic rings. The van der Waals surface area contributed by atoms with Gasteiger partial charge in [0.15, 0.2) is 0 Å². The third kappa shape index (κ3) is 1.89. The van der Waals surface area contributed by atoms with Gasteiger partial charge in [-0.15, -0.1) is 6.58 Å². The lowest BCUT2D eigenvalue weighted by atomic mass is 9.88. The highest BCUT2D eigenvalue weighted by Crippen LogP contribution is 2.30. The topological polar surface area (TPSA) is 27.8 Å². The van der Waals surface area contributed by atoms with Crippen LogP contribution in [0.3, 0.4) is 0 Å². The van der Waals surface area contributed by atoms with Crippen LogP contribution in [0.5, 0.6) is 0 Å². The highest BCUT2D eigenvalue weighted by Gasteiger charge is 2.22. The number of hydrogen-bond acceptors (Lipinski definition) is 1. The van der Waals surface area contributed by atoms with Gasteiger partial charge in [-0.25, -0.2) is 0 Å². The van der Waals surface area contributed by atoms with E-state index < -0.39 is 0 Å². The Balaban J connectivity index is 2.00. The van der Waals surface area contributed by atoms with Crippen LogP contribution in [-0.2, 0) is 0 Å². The lowest BCUT2D eigenvalue weighted by molar-refractivity contribution is 0.488. The predicted molar refractivity (Wildman–Crippen MR) is 76.8 cm³/mol. The van der Waals surface area contributed by atoms with Gasteiger partial charge in [-0.3, -0.25) is 0 Å². The van der Waals surface area contributed by atoms with Crippen molar-refractivity contribution in [2.45, 2.75) is 18.4 Å². The largest absolute Gasteiger partial charge is 0.361 e. The average molecular weight is 238 g/mol. The summed E-state index contributed by atoms with van der Waals surface area (Å²) in [6.45, 7) is 4.98. The zero-order valence-electron chi connectivity index (χ0n) is 10.4. The van der Waals surface area contributed by atoms with E-state index in [0.717, 1.165) is 13.0 Å². The van der Waals surface area contributed by atoms with Gasteiger partial charge in [-0.05, 0) is 18.1 Å². The van der Waals surface area contributed by atoms with Crippen LogP contribution in [0.2, 0.25) is 0 Å². The van der Waals surface area contributed by atoms with Crippen LogP contribution in [0.15, 0.2) is 55.3 Å². The molecule has 0 amide bonds. The Kier molecular flexibility index (Phi) is 3.03. The maximum Gasteiger partial charge on any atom is 0.0457 e. The molecule has 1 aliphatic heterocycles. The van der Waals surface area contributed by atoms with E-state index in [1.807, 2.05) is 0 Å². The molecule has 2 nitrogen and oxygen atoms in total. The van der Waals surface area contributed by atoms with E-state index in [4.69, 9.17) is 0 Å². The summed E-state index contributed by atoms with van der Waals surface area (Å²) in [6, 6.07) is 8.90. The van der Waals surface area contributed by atoms with Crippen LogP contribution in [-0.4, -0.2) is 17.6 Å². The van der Waals surface area contributed by atoms with Crippen molar-refractivity contribution in [3.8, 4) is 0 Å². The lowest BCUT2D eigenvalue weighted by Gasteiger charge is -2.26. The van der Waals surface area contributed by atoms with E-state index in [1.54, 1.807) is 0 Å². The molecule has 1 aliphatic rings. The summed E-state index contributed by atoms with van der Waals surface area (Å²) in [5.41, 5.74) is 2.54. The number of aromatic amines is 1. The quantitative estimate of drug-likeness (QED) is 0.788. The van der Waals surface area contributed by atoms with Gasteiger partial charge < -0.3 is 10.3 Å².